The van der Waals surface area contributed by atoms with Crippen LogP contribution in [0.1, 0.15) is 12.8 Å². The Morgan fingerprint density at radius 3 is 3.00 bits per heavy atom. The molecule has 2 rings (SSSR count). The Kier molecular flexibility index (Phi) is 1.16. The first-order valence-corrected chi connectivity index (χ1v) is 3.40. The van der Waals surface area contributed by atoms with E-state index >= 15 is 0 Å². The molecule has 0 N–H and O–H groups in total. The molecule has 10 heavy (non-hydrogen) atoms. The molecule has 2 heterocycles. The first kappa shape index (κ1) is 5.77. The topological polar surface area (TPSA) is 35.5 Å². The van der Waals surface area contributed by atoms with E-state index in [1.807, 2.05) is 0 Å². The lowest BCUT2D eigenvalue weighted by Crippen LogP contribution is -2.06. The minimum atomic E-state index is 0.0923. The second-order valence-electron chi connectivity index (χ2n) is 2.43. The highest BCUT2D eigenvalue weighted by molar-refractivity contribution is 5.98. The van der Waals surface area contributed by atoms with Crippen LogP contribution in [0.4, 0.5) is 0 Å². The van der Waals surface area contributed by atoms with Gasteiger partial charge in [-0.2, -0.15) is 0 Å². The molecule has 0 aromatic rings. The van der Waals surface area contributed by atoms with Gasteiger partial charge in [-0.05, 0) is 12.8 Å². The summed E-state index contributed by atoms with van der Waals surface area (Å²) >= 11 is 0. The quantitative estimate of drug-likeness (QED) is 0.494. The van der Waals surface area contributed by atoms with Crippen LogP contribution in [0.5, 0.6) is 0 Å². The third kappa shape index (κ3) is 0.701. The highest BCUT2D eigenvalue weighted by atomic mass is 16.7. The van der Waals surface area contributed by atoms with Gasteiger partial charge in [0.1, 0.15) is 0 Å². The largest absolute Gasteiger partial charge is 0.465 e. The average Bonchev–Trinajstić information content (AvgIpc) is 2.34. The second-order valence-corrected chi connectivity index (χ2v) is 2.43. The summed E-state index contributed by atoms with van der Waals surface area (Å²) in [5.41, 5.74) is 0.756. The van der Waals surface area contributed by atoms with Crippen molar-refractivity contribution in [2.75, 3.05) is 13.2 Å². The first-order chi connectivity index (χ1) is 4.88. The number of rotatable bonds is 0. The standard InChI is InChI=1S/C7H8O3/c8-6-4-10-7-5(6)2-1-3-9-7/h1-4H2. The number of hydrogen-bond acceptors (Lipinski definition) is 3. The van der Waals surface area contributed by atoms with Crippen LogP contribution in [0.25, 0.3) is 0 Å². The van der Waals surface area contributed by atoms with Gasteiger partial charge in [0.2, 0.25) is 5.78 Å². The number of Topliss-reactive ketones (excluding diaryl/α,β-unsaturated/α-hetero) is 1. The maximum absolute atomic E-state index is 10.9. The zero-order chi connectivity index (χ0) is 6.97. The van der Waals surface area contributed by atoms with E-state index < -0.39 is 0 Å². The van der Waals surface area contributed by atoms with Crippen molar-refractivity contribution in [3.8, 4) is 0 Å². The van der Waals surface area contributed by atoms with Crippen LogP contribution in [-0.2, 0) is 14.3 Å². The van der Waals surface area contributed by atoms with E-state index in [2.05, 4.69) is 0 Å². The molecule has 2 aliphatic heterocycles. The molecular formula is C7H8O3. The highest BCUT2D eigenvalue weighted by Gasteiger charge is 2.28. The lowest BCUT2D eigenvalue weighted by atomic mass is 10.1. The molecule has 3 nitrogen and oxygen atoms in total. The molecule has 0 radical (unpaired) electrons. The Morgan fingerprint density at radius 1 is 1.30 bits per heavy atom. The minimum Gasteiger partial charge on any atom is -0.465 e. The molecule has 0 aliphatic carbocycles. The van der Waals surface area contributed by atoms with Crippen LogP contribution in [0, 0.1) is 0 Å². The smallest absolute Gasteiger partial charge is 0.286 e. The van der Waals surface area contributed by atoms with Gasteiger partial charge in [0, 0.05) is 0 Å². The summed E-state index contributed by atoms with van der Waals surface area (Å²) in [7, 11) is 0. The van der Waals surface area contributed by atoms with E-state index in [1.165, 1.54) is 0 Å². The molecule has 3 heteroatoms. The van der Waals surface area contributed by atoms with Crippen molar-refractivity contribution in [1.29, 1.82) is 0 Å². The summed E-state index contributed by atoms with van der Waals surface area (Å²) in [6.45, 7) is 0.872. The van der Waals surface area contributed by atoms with Crippen LogP contribution >= 0.6 is 0 Å². The normalized spacial score (nSPS) is 23.8. The lowest BCUT2D eigenvalue weighted by Gasteiger charge is -2.11. The van der Waals surface area contributed by atoms with Gasteiger partial charge in [-0.15, -0.1) is 0 Å². The molecule has 0 saturated heterocycles. The second kappa shape index (κ2) is 2.01. The molecule has 0 unspecified atom stereocenters. The number of ketones is 1. The van der Waals surface area contributed by atoms with Crippen LogP contribution in [-0.4, -0.2) is 19.0 Å². The van der Waals surface area contributed by atoms with Gasteiger partial charge >= 0.3 is 0 Å². The zero-order valence-electron chi connectivity index (χ0n) is 5.55. The van der Waals surface area contributed by atoms with Gasteiger partial charge in [-0.25, -0.2) is 0 Å². The van der Waals surface area contributed by atoms with E-state index in [-0.39, 0.29) is 12.4 Å². The van der Waals surface area contributed by atoms with Crippen molar-refractivity contribution in [1.82, 2.24) is 0 Å². The molecule has 0 amide bonds. The number of carbonyl (C=O) groups is 1. The van der Waals surface area contributed by atoms with Crippen LogP contribution in [0.2, 0.25) is 0 Å². The average molecular weight is 140 g/mol. The predicted octanol–water partition coefficient (Wildman–Crippen LogP) is 0.608. The molecule has 0 fully saturated rings. The van der Waals surface area contributed by atoms with E-state index in [9.17, 15) is 4.79 Å². The van der Waals surface area contributed by atoms with E-state index in [1.54, 1.807) is 0 Å². The monoisotopic (exact) mass is 140 g/mol. The Morgan fingerprint density at radius 2 is 2.20 bits per heavy atom. The number of ether oxygens (including phenoxy) is 2. The summed E-state index contributed by atoms with van der Waals surface area (Å²) in [5, 5.41) is 0. The fourth-order valence-electron chi connectivity index (χ4n) is 1.20. The Balaban J connectivity index is 2.29. The number of hydrogen-bond donors (Lipinski definition) is 0. The molecule has 54 valence electrons. The SMILES string of the molecule is O=C1COC2=C1CCCO2. The van der Waals surface area contributed by atoms with Crippen molar-refractivity contribution in [2.45, 2.75) is 12.8 Å². The van der Waals surface area contributed by atoms with Crippen molar-refractivity contribution >= 4 is 5.78 Å². The summed E-state index contributed by atoms with van der Waals surface area (Å²) < 4.78 is 10.1. The van der Waals surface area contributed by atoms with Crippen LogP contribution < -0.4 is 0 Å². The Bertz CT molecular complexity index is 205. The Labute approximate surface area is 58.6 Å². The van der Waals surface area contributed by atoms with Gasteiger partial charge in [-0.1, -0.05) is 0 Å². The molecule has 0 bridgehead atoms. The summed E-state index contributed by atoms with van der Waals surface area (Å²) in [4.78, 5) is 10.9. The third-order valence-corrected chi connectivity index (χ3v) is 1.72. The lowest BCUT2D eigenvalue weighted by molar-refractivity contribution is -0.116. The summed E-state index contributed by atoms with van der Waals surface area (Å²) in [6.07, 6.45) is 1.77. The molecule has 0 saturated carbocycles. The zero-order valence-corrected chi connectivity index (χ0v) is 5.55. The van der Waals surface area contributed by atoms with Crippen molar-refractivity contribution < 1.29 is 14.3 Å². The Hall–Kier alpha value is -0.990. The van der Waals surface area contributed by atoms with Crippen LogP contribution in [0.15, 0.2) is 11.5 Å². The van der Waals surface area contributed by atoms with Crippen LogP contribution in [0.3, 0.4) is 0 Å². The fourth-order valence-corrected chi connectivity index (χ4v) is 1.20. The van der Waals surface area contributed by atoms with E-state index in [0.29, 0.717) is 12.6 Å². The van der Waals surface area contributed by atoms with Gasteiger partial charge in [0.05, 0.1) is 12.2 Å². The molecule has 0 spiro atoms. The number of carbonyl (C=O) groups excluding carboxylic acids is 1. The molecule has 0 aromatic carbocycles. The molecule has 0 atom stereocenters. The van der Waals surface area contributed by atoms with Gasteiger partial charge in [-0.3, -0.25) is 4.79 Å². The predicted molar refractivity (Wildman–Crippen MR) is 33.2 cm³/mol. The third-order valence-electron chi connectivity index (χ3n) is 1.72. The maximum Gasteiger partial charge on any atom is 0.286 e. The van der Waals surface area contributed by atoms with Crippen molar-refractivity contribution in [2.24, 2.45) is 0 Å². The van der Waals surface area contributed by atoms with Crippen molar-refractivity contribution in [3.05, 3.63) is 11.5 Å². The van der Waals surface area contributed by atoms with E-state index in [0.717, 1.165) is 18.4 Å². The van der Waals surface area contributed by atoms with Gasteiger partial charge in [0.25, 0.3) is 5.95 Å². The summed E-state index contributed by atoms with van der Waals surface area (Å²) in [6, 6.07) is 0. The maximum atomic E-state index is 10.9. The molecule has 2 aliphatic rings. The summed E-state index contributed by atoms with van der Waals surface area (Å²) in [5.74, 6) is 0.575. The van der Waals surface area contributed by atoms with Crippen molar-refractivity contribution in [3.63, 3.8) is 0 Å². The molecule has 0 aromatic heterocycles. The highest BCUT2D eigenvalue weighted by Crippen LogP contribution is 2.25. The fraction of sp³-hybridized carbons (Fsp3) is 0.571. The minimum absolute atomic E-state index is 0.0923. The first-order valence-electron chi connectivity index (χ1n) is 3.40. The van der Waals surface area contributed by atoms with E-state index in [4.69, 9.17) is 9.47 Å². The molecular weight excluding hydrogens is 132 g/mol. The van der Waals surface area contributed by atoms with Gasteiger partial charge in [0.15, 0.2) is 6.61 Å². The van der Waals surface area contributed by atoms with Gasteiger partial charge < -0.3 is 9.47 Å².